The number of carbonyl (C=O) groups excluding carboxylic acids is 1. The molecule has 0 aliphatic heterocycles. The van der Waals surface area contributed by atoms with Gasteiger partial charge in [0.1, 0.15) is 27.4 Å². The van der Waals surface area contributed by atoms with Crippen LogP contribution in [-0.2, 0) is 4.74 Å². The summed E-state index contributed by atoms with van der Waals surface area (Å²) in [6.07, 6.45) is 1.69. The SMILES string of the molecule is CCOC(=O)c1c(-c2ccc(OC)cc2)cn2c(=S)cc(-c3ccccc3O)c(=O)[nH]c12. The minimum absolute atomic E-state index is 0.0483. The van der Waals surface area contributed by atoms with Gasteiger partial charge in [0.25, 0.3) is 5.56 Å². The number of aromatic nitrogens is 2. The molecule has 0 fully saturated rings. The van der Waals surface area contributed by atoms with Crippen molar-refractivity contribution in [2.24, 2.45) is 0 Å². The van der Waals surface area contributed by atoms with Crippen molar-refractivity contribution in [2.75, 3.05) is 13.7 Å². The summed E-state index contributed by atoms with van der Waals surface area (Å²) >= 11 is 5.57. The molecular weight excluding hydrogens is 428 g/mol. The predicted octanol–water partition coefficient (Wildman–Crippen LogP) is 4.58. The van der Waals surface area contributed by atoms with Crippen molar-refractivity contribution >= 4 is 23.8 Å². The Labute approximate surface area is 188 Å². The Morgan fingerprint density at radius 3 is 2.47 bits per heavy atom. The molecule has 2 N–H and O–H groups in total. The molecule has 0 saturated carbocycles. The van der Waals surface area contributed by atoms with Gasteiger partial charge in [0.05, 0.1) is 19.3 Å². The summed E-state index contributed by atoms with van der Waals surface area (Å²) in [4.78, 5) is 28.8. The number of methoxy groups -OCH3 is 1. The van der Waals surface area contributed by atoms with E-state index < -0.39 is 11.5 Å². The highest BCUT2D eigenvalue weighted by atomic mass is 32.1. The number of ether oxygens (including phenoxy) is 2. The molecule has 8 heteroatoms. The van der Waals surface area contributed by atoms with Crippen LogP contribution in [0.3, 0.4) is 0 Å². The summed E-state index contributed by atoms with van der Waals surface area (Å²) in [6.45, 7) is 1.88. The van der Waals surface area contributed by atoms with Crippen LogP contribution in [0.2, 0.25) is 0 Å². The molecule has 4 aromatic rings. The zero-order valence-electron chi connectivity index (χ0n) is 17.4. The van der Waals surface area contributed by atoms with E-state index in [-0.39, 0.29) is 33.8 Å². The Hall–Kier alpha value is -3.91. The molecule has 0 amide bonds. The van der Waals surface area contributed by atoms with E-state index in [1.807, 2.05) is 12.1 Å². The number of esters is 1. The second-order valence-corrected chi connectivity index (χ2v) is 7.37. The molecule has 7 nitrogen and oxygen atoms in total. The molecule has 0 aliphatic rings. The van der Waals surface area contributed by atoms with E-state index in [1.54, 1.807) is 55.0 Å². The van der Waals surface area contributed by atoms with Gasteiger partial charge in [-0.3, -0.25) is 9.20 Å². The van der Waals surface area contributed by atoms with Crippen LogP contribution in [0.15, 0.2) is 65.6 Å². The van der Waals surface area contributed by atoms with Crippen LogP contribution in [-0.4, -0.2) is 34.2 Å². The van der Waals surface area contributed by atoms with Gasteiger partial charge in [-0.25, -0.2) is 4.79 Å². The van der Waals surface area contributed by atoms with Crippen molar-refractivity contribution in [2.45, 2.75) is 6.92 Å². The molecule has 0 saturated heterocycles. The number of nitrogens with one attached hydrogen (secondary N) is 1. The number of aromatic hydroxyl groups is 1. The number of hydrogen-bond acceptors (Lipinski definition) is 6. The first-order chi connectivity index (χ1) is 15.4. The van der Waals surface area contributed by atoms with E-state index in [1.165, 1.54) is 12.1 Å². The second-order valence-electron chi connectivity index (χ2n) is 6.95. The number of phenols is 1. The fraction of sp³-hybridized carbons (Fsp3) is 0.125. The molecular formula is C24H20N2O5S. The maximum absolute atomic E-state index is 13.1. The molecule has 2 heterocycles. The number of phenolic OH excluding ortho intramolecular Hbond substituents is 1. The van der Waals surface area contributed by atoms with Gasteiger partial charge in [0.15, 0.2) is 0 Å². The van der Waals surface area contributed by atoms with Crippen LogP contribution in [0, 0.1) is 4.64 Å². The van der Waals surface area contributed by atoms with Gasteiger partial charge < -0.3 is 19.6 Å². The number of hydrogen-bond donors (Lipinski definition) is 2. The van der Waals surface area contributed by atoms with Crippen molar-refractivity contribution in [3.05, 3.63) is 81.4 Å². The van der Waals surface area contributed by atoms with Crippen LogP contribution in [0.1, 0.15) is 17.3 Å². The number of benzene rings is 2. The van der Waals surface area contributed by atoms with E-state index >= 15 is 0 Å². The smallest absolute Gasteiger partial charge is 0.342 e. The average Bonchev–Trinajstić information content (AvgIpc) is 3.12. The number of rotatable bonds is 5. The molecule has 0 aliphatic carbocycles. The summed E-state index contributed by atoms with van der Waals surface area (Å²) < 4.78 is 12.3. The fourth-order valence-corrected chi connectivity index (χ4v) is 3.80. The Balaban J connectivity index is 2.04. The number of nitrogens with zero attached hydrogens (tertiary/aromatic N) is 1. The first-order valence-corrected chi connectivity index (χ1v) is 10.3. The molecule has 0 spiro atoms. The summed E-state index contributed by atoms with van der Waals surface area (Å²) in [5.41, 5.74) is 1.73. The second kappa shape index (κ2) is 8.68. The van der Waals surface area contributed by atoms with Gasteiger partial charge in [0.2, 0.25) is 0 Å². The topological polar surface area (TPSA) is 93.0 Å². The molecule has 4 rings (SSSR count). The third-order valence-corrected chi connectivity index (χ3v) is 5.38. The lowest BCUT2D eigenvalue weighted by atomic mass is 10.0. The first-order valence-electron chi connectivity index (χ1n) is 9.87. The van der Waals surface area contributed by atoms with Crippen LogP contribution in [0.25, 0.3) is 27.9 Å². The van der Waals surface area contributed by atoms with E-state index in [0.717, 1.165) is 5.56 Å². The number of carbonyl (C=O) groups is 1. The first kappa shape index (κ1) is 21.3. The lowest BCUT2D eigenvalue weighted by Gasteiger charge is -2.05. The van der Waals surface area contributed by atoms with Crippen molar-refractivity contribution in [3.63, 3.8) is 0 Å². The van der Waals surface area contributed by atoms with Crippen molar-refractivity contribution < 1.29 is 19.4 Å². The monoisotopic (exact) mass is 448 g/mol. The number of aromatic amines is 1. The Morgan fingerprint density at radius 2 is 1.81 bits per heavy atom. The molecule has 0 bridgehead atoms. The molecule has 0 radical (unpaired) electrons. The lowest BCUT2D eigenvalue weighted by molar-refractivity contribution is 0.0529. The van der Waals surface area contributed by atoms with E-state index in [4.69, 9.17) is 21.7 Å². The number of H-pyrrole nitrogens is 1. The van der Waals surface area contributed by atoms with Crippen molar-refractivity contribution in [3.8, 4) is 33.8 Å². The highest BCUT2D eigenvalue weighted by Gasteiger charge is 2.22. The number of fused-ring (bicyclic) bond motifs is 1. The lowest BCUT2D eigenvalue weighted by Crippen LogP contribution is -2.10. The van der Waals surface area contributed by atoms with Gasteiger partial charge in [-0.05, 0) is 36.8 Å². The largest absolute Gasteiger partial charge is 0.507 e. The maximum Gasteiger partial charge on any atom is 0.342 e. The summed E-state index contributed by atoms with van der Waals surface area (Å²) in [7, 11) is 1.57. The highest BCUT2D eigenvalue weighted by molar-refractivity contribution is 7.71. The summed E-state index contributed by atoms with van der Waals surface area (Å²) in [5.74, 6) is 0.0419. The quantitative estimate of drug-likeness (QED) is 0.343. The molecule has 2 aromatic carbocycles. The molecule has 0 atom stereocenters. The van der Waals surface area contributed by atoms with Gasteiger partial charge in [0, 0.05) is 17.3 Å². The standard InChI is InChI=1S/C24H20N2O5S/c1-3-31-24(29)21-18(14-8-10-15(30-2)11-9-14)13-26-20(32)12-17(23(28)25-22(21)26)16-6-4-5-7-19(16)27/h4-13,27H,3H2,1-2H3,(H,25,28). The van der Waals surface area contributed by atoms with Crippen LogP contribution in [0.4, 0.5) is 0 Å². The van der Waals surface area contributed by atoms with Gasteiger partial charge >= 0.3 is 5.97 Å². The fourth-order valence-electron chi connectivity index (χ4n) is 3.54. The van der Waals surface area contributed by atoms with Crippen LogP contribution >= 0.6 is 12.2 Å². The third kappa shape index (κ3) is 3.76. The van der Waals surface area contributed by atoms with Gasteiger partial charge in [-0.1, -0.05) is 42.5 Å². The molecule has 32 heavy (non-hydrogen) atoms. The minimum atomic E-state index is -0.582. The zero-order valence-corrected chi connectivity index (χ0v) is 18.2. The highest BCUT2D eigenvalue weighted by Crippen LogP contribution is 2.31. The molecule has 162 valence electrons. The maximum atomic E-state index is 13.1. The average molecular weight is 449 g/mol. The van der Waals surface area contributed by atoms with Crippen molar-refractivity contribution in [1.29, 1.82) is 0 Å². The minimum Gasteiger partial charge on any atom is -0.507 e. The predicted molar refractivity (Wildman–Crippen MR) is 124 cm³/mol. The summed E-state index contributed by atoms with van der Waals surface area (Å²) in [5, 5.41) is 10.2. The normalized spacial score (nSPS) is 10.8. The zero-order chi connectivity index (χ0) is 22.8. The van der Waals surface area contributed by atoms with E-state index in [0.29, 0.717) is 16.9 Å². The Bertz CT molecular complexity index is 1440. The molecule has 2 aromatic heterocycles. The molecule has 0 unspecified atom stereocenters. The third-order valence-electron chi connectivity index (χ3n) is 5.06. The van der Waals surface area contributed by atoms with Gasteiger partial charge in [-0.15, -0.1) is 0 Å². The van der Waals surface area contributed by atoms with Crippen molar-refractivity contribution in [1.82, 2.24) is 9.38 Å². The Morgan fingerprint density at radius 1 is 1.09 bits per heavy atom. The van der Waals surface area contributed by atoms with Crippen LogP contribution < -0.4 is 10.3 Å². The van der Waals surface area contributed by atoms with Crippen LogP contribution in [0.5, 0.6) is 11.5 Å². The van der Waals surface area contributed by atoms with E-state index in [2.05, 4.69) is 4.98 Å². The number of para-hydroxylation sites is 1. The van der Waals surface area contributed by atoms with E-state index in [9.17, 15) is 14.7 Å². The summed E-state index contributed by atoms with van der Waals surface area (Å²) in [6, 6.07) is 15.2. The van der Waals surface area contributed by atoms with Gasteiger partial charge in [-0.2, -0.15) is 0 Å². The Kier molecular flexibility index (Phi) is 5.79.